The van der Waals surface area contributed by atoms with Crippen LogP contribution in [0.5, 0.6) is 0 Å². The summed E-state index contributed by atoms with van der Waals surface area (Å²) in [4.78, 5) is 1.28. The van der Waals surface area contributed by atoms with Gasteiger partial charge >= 0.3 is 0 Å². The second-order valence-electron chi connectivity index (χ2n) is 3.92. The smallest absolute Gasteiger partial charge is 0.207 e. The fourth-order valence-corrected chi connectivity index (χ4v) is 5.00. The zero-order valence-corrected chi connectivity index (χ0v) is 14.8. The predicted molar refractivity (Wildman–Crippen MR) is 84.8 cm³/mol. The van der Waals surface area contributed by atoms with Gasteiger partial charge in [-0.05, 0) is 45.6 Å². The van der Waals surface area contributed by atoms with E-state index >= 15 is 0 Å². The lowest BCUT2D eigenvalue weighted by molar-refractivity contribution is 0.469. The second-order valence-corrected chi connectivity index (χ2v) is 8.73. The topological polar surface area (TPSA) is 37.4 Å². The minimum absolute atomic E-state index is 0.265. The van der Waals surface area contributed by atoms with E-state index in [1.54, 1.807) is 36.6 Å². The standard InChI is InChI=1S/C12H11Br2NO2S2/c1-15(8-10-3-2-6-18-10)19(16,17)12-7-9(13)4-5-11(12)14/h2-7H,8H2,1H3. The first-order chi connectivity index (χ1) is 8.91. The highest BCUT2D eigenvalue weighted by Crippen LogP contribution is 2.28. The number of hydrogen-bond acceptors (Lipinski definition) is 3. The van der Waals surface area contributed by atoms with Crippen molar-refractivity contribution in [2.45, 2.75) is 11.4 Å². The summed E-state index contributed by atoms with van der Waals surface area (Å²) in [5.74, 6) is 0. The van der Waals surface area contributed by atoms with Gasteiger partial charge in [-0.3, -0.25) is 0 Å². The lowest BCUT2D eigenvalue weighted by Gasteiger charge is -2.17. The van der Waals surface area contributed by atoms with Gasteiger partial charge in [-0.1, -0.05) is 22.0 Å². The van der Waals surface area contributed by atoms with Crippen LogP contribution in [0.25, 0.3) is 0 Å². The van der Waals surface area contributed by atoms with Crippen LogP contribution >= 0.6 is 43.2 Å². The van der Waals surface area contributed by atoms with E-state index in [4.69, 9.17) is 0 Å². The molecule has 0 aliphatic carbocycles. The Morgan fingerprint density at radius 1 is 1.26 bits per heavy atom. The molecule has 2 aromatic rings. The number of benzene rings is 1. The number of hydrogen-bond donors (Lipinski definition) is 0. The van der Waals surface area contributed by atoms with Crippen LogP contribution < -0.4 is 0 Å². The molecule has 0 atom stereocenters. The first-order valence-electron chi connectivity index (χ1n) is 5.35. The van der Waals surface area contributed by atoms with Gasteiger partial charge in [0.25, 0.3) is 0 Å². The van der Waals surface area contributed by atoms with Crippen molar-refractivity contribution in [3.63, 3.8) is 0 Å². The van der Waals surface area contributed by atoms with Crippen molar-refractivity contribution in [3.05, 3.63) is 49.5 Å². The summed E-state index contributed by atoms with van der Waals surface area (Å²) in [6.45, 7) is 0.374. The Kier molecular flexibility index (Phi) is 4.84. The molecule has 102 valence electrons. The highest BCUT2D eigenvalue weighted by molar-refractivity contribution is 9.11. The molecule has 0 saturated carbocycles. The summed E-state index contributed by atoms with van der Waals surface area (Å²) in [5, 5.41) is 1.94. The number of thiophene rings is 1. The predicted octanol–water partition coefficient (Wildman–Crippen LogP) is 4.09. The third kappa shape index (κ3) is 3.46. The van der Waals surface area contributed by atoms with Gasteiger partial charge in [0.15, 0.2) is 0 Å². The summed E-state index contributed by atoms with van der Waals surface area (Å²) in [5.41, 5.74) is 0. The third-order valence-electron chi connectivity index (χ3n) is 2.54. The van der Waals surface area contributed by atoms with Gasteiger partial charge in [0.1, 0.15) is 0 Å². The normalized spacial score (nSPS) is 12.0. The molecule has 3 nitrogen and oxygen atoms in total. The molecular weight excluding hydrogens is 414 g/mol. The van der Waals surface area contributed by atoms with Gasteiger partial charge in [-0.2, -0.15) is 4.31 Å². The van der Waals surface area contributed by atoms with Crippen LogP contribution in [-0.2, 0) is 16.6 Å². The largest absolute Gasteiger partial charge is 0.244 e. The van der Waals surface area contributed by atoms with E-state index in [0.29, 0.717) is 11.0 Å². The first kappa shape index (κ1) is 15.2. The Bertz CT molecular complexity index is 669. The number of rotatable bonds is 4. The SMILES string of the molecule is CN(Cc1cccs1)S(=O)(=O)c1cc(Br)ccc1Br. The molecule has 7 heteroatoms. The maximum absolute atomic E-state index is 12.5. The van der Waals surface area contributed by atoms with Crippen LogP contribution in [0.3, 0.4) is 0 Å². The van der Waals surface area contributed by atoms with Crippen LogP contribution in [0.15, 0.2) is 49.6 Å². The highest BCUT2D eigenvalue weighted by Gasteiger charge is 2.24. The Morgan fingerprint density at radius 3 is 2.63 bits per heavy atom. The molecule has 0 amide bonds. The average Bonchev–Trinajstić information content (AvgIpc) is 2.85. The summed E-state index contributed by atoms with van der Waals surface area (Å²) in [7, 11) is -1.92. The number of sulfonamides is 1. The Morgan fingerprint density at radius 2 is 2.00 bits per heavy atom. The molecular formula is C12H11Br2NO2S2. The van der Waals surface area contributed by atoms with Crippen molar-refractivity contribution in [2.75, 3.05) is 7.05 Å². The highest BCUT2D eigenvalue weighted by atomic mass is 79.9. The van der Waals surface area contributed by atoms with Crippen LogP contribution in [0, 0.1) is 0 Å². The first-order valence-corrected chi connectivity index (χ1v) is 9.25. The molecule has 0 radical (unpaired) electrons. The fraction of sp³-hybridized carbons (Fsp3) is 0.167. The second kappa shape index (κ2) is 6.05. The third-order valence-corrected chi connectivity index (χ3v) is 6.69. The van der Waals surface area contributed by atoms with E-state index < -0.39 is 10.0 Å². The Balaban J connectivity index is 2.33. The van der Waals surface area contributed by atoms with Crippen molar-refractivity contribution < 1.29 is 8.42 Å². The molecule has 0 aliphatic heterocycles. The van der Waals surface area contributed by atoms with Crippen molar-refractivity contribution in [2.24, 2.45) is 0 Å². The maximum atomic E-state index is 12.5. The summed E-state index contributed by atoms with van der Waals surface area (Å²) < 4.78 is 27.7. The Hall–Kier alpha value is -0.210. The van der Waals surface area contributed by atoms with Crippen LogP contribution in [-0.4, -0.2) is 19.8 Å². The quantitative estimate of drug-likeness (QED) is 0.740. The molecule has 1 aromatic heterocycles. The van der Waals surface area contributed by atoms with Crippen molar-refractivity contribution in [1.82, 2.24) is 4.31 Å². The molecule has 0 spiro atoms. The fourth-order valence-electron chi connectivity index (χ4n) is 1.55. The van der Waals surface area contributed by atoms with Gasteiger partial charge in [0.2, 0.25) is 10.0 Å². The molecule has 0 saturated heterocycles. The molecule has 0 aliphatic rings. The van der Waals surface area contributed by atoms with Crippen LogP contribution in [0.4, 0.5) is 0 Å². The monoisotopic (exact) mass is 423 g/mol. The molecule has 1 aromatic carbocycles. The molecule has 19 heavy (non-hydrogen) atoms. The van der Waals surface area contributed by atoms with Crippen molar-refractivity contribution in [1.29, 1.82) is 0 Å². The molecule has 0 bridgehead atoms. The molecule has 0 N–H and O–H groups in total. The molecule has 2 rings (SSSR count). The van der Waals surface area contributed by atoms with E-state index in [9.17, 15) is 8.42 Å². The summed E-state index contributed by atoms with van der Waals surface area (Å²) in [6, 6.07) is 8.95. The average molecular weight is 425 g/mol. The summed E-state index contributed by atoms with van der Waals surface area (Å²) in [6.07, 6.45) is 0. The van der Waals surface area contributed by atoms with Gasteiger partial charge in [0, 0.05) is 27.4 Å². The van der Waals surface area contributed by atoms with Gasteiger partial charge in [-0.25, -0.2) is 8.42 Å². The minimum atomic E-state index is -3.51. The molecule has 0 unspecified atom stereocenters. The van der Waals surface area contributed by atoms with Gasteiger partial charge in [0.05, 0.1) is 4.90 Å². The number of halogens is 2. The van der Waals surface area contributed by atoms with E-state index in [-0.39, 0.29) is 4.90 Å². The zero-order valence-electron chi connectivity index (χ0n) is 10.0. The number of nitrogens with zero attached hydrogens (tertiary/aromatic N) is 1. The molecule has 1 heterocycles. The summed E-state index contributed by atoms with van der Waals surface area (Å²) >= 11 is 8.13. The lowest BCUT2D eigenvalue weighted by Crippen LogP contribution is -2.26. The van der Waals surface area contributed by atoms with Crippen molar-refractivity contribution in [3.8, 4) is 0 Å². The van der Waals surface area contributed by atoms with Gasteiger partial charge in [-0.15, -0.1) is 11.3 Å². The van der Waals surface area contributed by atoms with Gasteiger partial charge < -0.3 is 0 Å². The zero-order chi connectivity index (χ0) is 14.0. The van der Waals surface area contributed by atoms with Crippen molar-refractivity contribution >= 4 is 53.2 Å². The van der Waals surface area contributed by atoms with E-state index in [1.165, 1.54) is 4.31 Å². The van der Waals surface area contributed by atoms with E-state index in [2.05, 4.69) is 31.9 Å². The minimum Gasteiger partial charge on any atom is -0.207 e. The van der Waals surface area contributed by atoms with Crippen LogP contribution in [0.1, 0.15) is 4.88 Å². The van der Waals surface area contributed by atoms with E-state index in [1.807, 2.05) is 17.5 Å². The maximum Gasteiger partial charge on any atom is 0.244 e. The lowest BCUT2D eigenvalue weighted by atomic mass is 10.4. The molecule has 0 fully saturated rings. The van der Waals surface area contributed by atoms with E-state index in [0.717, 1.165) is 9.35 Å². The Labute approximate surface area is 133 Å². The van der Waals surface area contributed by atoms with Crippen LogP contribution in [0.2, 0.25) is 0 Å².